The van der Waals surface area contributed by atoms with Gasteiger partial charge in [-0.3, -0.25) is 10.1 Å². The minimum absolute atomic E-state index is 0.0856. The average molecular weight is 313 g/mol. The van der Waals surface area contributed by atoms with Gasteiger partial charge in [0.15, 0.2) is 0 Å². The van der Waals surface area contributed by atoms with E-state index < -0.39 is 4.92 Å². The summed E-state index contributed by atoms with van der Waals surface area (Å²) in [5.41, 5.74) is 2.38. The molecule has 0 aliphatic carbocycles. The molecule has 0 aliphatic rings. The maximum atomic E-state index is 11.0. The molecule has 0 unspecified atom stereocenters. The van der Waals surface area contributed by atoms with Crippen LogP contribution in [-0.4, -0.2) is 21.6 Å². The van der Waals surface area contributed by atoms with Gasteiger partial charge in [-0.15, -0.1) is 0 Å². The Bertz CT molecular complexity index is 902. The Hall–Kier alpha value is -3.09. The third-order valence-electron chi connectivity index (χ3n) is 3.60. The molecule has 1 aromatic heterocycles. The van der Waals surface area contributed by atoms with Gasteiger partial charge in [0, 0.05) is 25.2 Å². The van der Waals surface area contributed by atoms with Crippen LogP contribution < -0.4 is 9.47 Å². The van der Waals surface area contributed by atoms with Crippen LogP contribution in [0.4, 0.5) is 5.69 Å². The topological polar surface area (TPSA) is 79.4 Å². The standard InChI is InChI=1S/C16H15N3O4/c1-10-6-14(19(20)21)16(22-3)8-15(10)23-11-4-5-13-12(7-11)17-9-18(13)2/h4-9H,1-3H3. The van der Waals surface area contributed by atoms with E-state index in [0.717, 1.165) is 11.0 Å². The monoisotopic (exact) mass is 313 g/mol. The fraction of sp³-hybridized carbons (Fsp3) is 0.188. The molecule has 1 heterocycles. The Morgan fingerprint density at radius 1 is 1.22 bits per heavy atom. The minimum Gasteiger partial charge on any atom is -0.490 e. The first-order valence-corrected chi connectivity index (χ1v) is 6.91. The Labute approximate surface area is 132 Å². The predicted octanol–water partition coefficient (Wildman–Crippen LogP) is 3.59. The van der Waals surface area contributed by atoms with Gasteiger partial charge in [0.05, 0.1) is 29.4 Å². The van der Waals surface area contributed by atoms with E-state index in [-0.39, 0.29) is 11.4 Å². The van der Waals surface area contributed by atoms with Crippen molar-refractivity contribution in [2.45, 2.75) is 6.92 Å². The summed E-state index contributed by atoms with van der Waals surface area (Å²) >= 11 is 0. The SMILES string of the molecule is COc1cc(Oc2ccc3c(c2)ncn3C)c(C)cc1[N+](=O)[O-]. The molecule has 0 fully saturated rings. The molecule has 0 amide bonds. The van der Waals surface area contributed by atoms with E-state index in [2.05, 4.69) is 4.98 Å². The van der Waals surface area contributed by atoms with Gasteiger partial charge in [0.2, 0.25) is 5.75 Å². The predicted molar refractivity (Wildman–Crippen MR) is 85.2 cm³/mol. The van der Waals surface area contributed by atoms with Gasteiger partial charge < -0.3 is 14.0 Å². The van der Waals surface area contributed by atoms with Crippen LogP contribution in [0.1, 0.15) is 5.56 Å². The van der Waals surface area contributed by atoms with E-state index >= 15 is 0 Å². The lowest BCUT2D eigenvalue weighted by Crippen LogP contribution is -1.96. The lowest BCUT2D eigenvalue weighted by Gasteiger charge is -2.11. The molecular formula is C16H15N3O4. The van der Waals surface area contributed by atoms with E-state index in [9.17, 15) is 10.1 Å². The Balaban J connectivity index is 1.99. The number of fused-ring (bicyclic) bond motifs is 1. The highest BCUT2D eigenvalue weighted by atomic mass is 16.6. The first-order valence-electron chi connectivity index (χ1n) is 6.91. The number of nitro benzene ring substituents is 1. The summed E-state index contributed by atoms with van der Waals surface area (Å²) in [6, 6.07) is 8.53. The van der Waals surface area contributed by atoms with Gasteiger partial charge >= 0.3 is 5.69 Å². The van der Waals surface area contributed by atoms with Crippen molar-refractivity contribution in [3.8, 4) is 17.2 Å². The molecule has 0 spiro atoms. The van der Waals surface area contributed by atoms with Crippen molar-refractivity contribution in [3.63, 3.8) is 0 Å². The lowest BCUT2D eigenvalue weighted by atomic mass is 10.2. The van der Waals surface area contributed by atoms with E-state index in [1.807, 2.05) is 29.8 Å². The zero-order valence-electron chi connectivity index (χ0n) is 12.9. The third kappa shape index (κ3) is 2.68. The van der Waals surface area contributed by atoms with Gasteiger partial charge in [-0.1, -0.05) is 0 Å². The summed E-state index contributed by atoms with van der Waals surface area (Å²) in [4.78, 5) is 14.8. The van der Waals surface area contributed by atoms with Crippen LogP contribution in [-0.2, 0) is 7.05 Å². The zero-order chi connectivity index (χ0) is 16.6. The second-order valence-electron chi connectivity index (χ2n) is 5.15. The van der Waals surface area contributed by atoms with Crippen molar-refractivity contribution >= 4 is 16.7 Å². The van der Waals surface area contributed by atoms with Crippen LogP contribution in [0.25, 0.3) is 11.0 Å². The van der Waals surface area contributed by atoms with E-state index in [1.54, 1.807) is 13.3 Å². The number of aromatic nitrogens is 2. The number of hydrogen-bond acceptors (Lipinski definition) is 5. The maximum absolute atomic E-state index is 11.0. The molecule has 23 heavy (non-hydrogen) atoms. The highest BCUT2D eigenvalue weighted by Crippen LogP contribution is 2.36. The minimum atomic E-state index is -0.477. The molecule has 3 aromatic rings. The first kappa shape index (κ1) is 14.8. The number of ether oxygens (including phenoxy) is 2. The number of benzene rings is 2. The number of nitro groups is 1. The van der Waals surface area contributed by atoms with E-state index in [4.69, 9.17) is 9.47 Å². The molecule has 7 nitrogen and oxygen atoms in total. The van der Waals surface area contributed by atoms with E-state index in [1.165, 1.54) is 19.2 Å². The fourth-order valence-electron chi connectivity index (χ4n) is 2.38. The van der Waals surface area contributed by atoms with Crippen molar-refractivity contribution in [1.82, 2.24) is 9.55 Å². The highest BCUT2D eigenvalue weighted by molar-refractivity contribution is 5.77. The largest absolute Gasteiger partial charge is 0.490 e. The summed E-state index contributed by atoms with van der Waals surface area (Å²) in [5, 5.41) is 11.0. The first-order chi connectivity index (χ1) is 11.0. The van der Waals surface area contributed by atoms with E-state index in [0.29, 0.717) is 17.1 Å². The number of aryl methyl sites for hydroxylation is 2. The van der Waals surface area contributed by atoms with Crippen molar-refractivity contribution in [1.29, 1.82) is 0 Å². The van der Waals surface area contributed by atoms with Gasteiger partial charge in [-0.2, -0.15) is 0 Å². The van der Waals surface area contributed by atoms with Crippen LogP contribution in [0, 0.1) is 17.0 Å². The number of imidazole rings is 1. The fourth-order valence-corrected chi connectivity index (χ4v) is 2.38. The Morgan fingerprint density at radius 3 is 2.70 bits per heavy atom. The number of rotatable bonds is 4. The van der Waals surface area contributed by atoms with Gasteiger partial charge in [-0.05, 0) is 24.6 Å². The van der Waals surface area contributed by atoms with Crippen LogP contribution in [0.3, 0.4) is 0 Å². The third-order valence-corrected chi connectivity index (χ3v) is 3.60. The molecular weight excluding hydrogens is 298 g/mol. The summed E-state index contributed by atoms with van der Waals surface area (Å²) < 4.78 is 12.8. The molecule has 0 aliphatic heterocycles. The van der Waals surface area contributed by atoms with Crippen LogP contribution >= 0.6 is 0 Å². The number of methoxy groups -OCH3 is 1. The van der Waals surface area contributed by atoms with Crippen molar-refractivity contribution < 1.29 is 14.4 Å². The normalized spacial score (nSPS) is 10.7. The molecule has 0 saturated carbocycles. The quantitative estimate of drug-likeness (QED) is 0.543. The van der Waals surface area contributed by atoms with Gasteiger partial charge in [0.1, 0.15) is 11.5 Å². The molecule has 7 heteroatoms. The van der Waals surface area contributed by atoms with Crippen molar-refractivity contribution in [2.24, 2.45) is 7.05 Å². The van der Waals surface area contributed by atoms with Crippen molar-refractivity contribution in [2.75, 3.05) is 7.11 Å². The lowest BCUT2D eigenvalue weighted by molar-refractivity contribution is -0.385. The Morgan fingerprint density at radius 2 is 2.00 bits per heavy atom. The van der Waals surface area contributed by atoms with Crippen LogP contribution in [0.2, 0.25) is 0 Å². The van der Waals surface area contributed by atoms with Crippen LogP contribution in [0.15, 0.2) is 36.7 Å². The summed E-state index contributed by atoms with van der Waals surface area (Å²) in [6.07, 6.45) is 1.73. The number of nitrogens with zero attached hydrogens (tertiary/aromatic N) is 3. The molecule has 2 aromatic carbocycles. The summed E-state index contributed by atoms with van der Waals surface area (Å²) in [7, 11) is 3.31. The van der Waals surface area contributed by atoms with Crippen molar-refractivity contribution in [3.05, 3.63) is 52.3 Å². The molecule has 0 bridgehead atoms. The molecule has 0 saturated heterocycles. The number of hydrogen-bond donors (Lipinski definition) is 0. The molecule has 3 rings (SSSR count). The molecule has 0 radical (unpaired) electrons. The van der Waals surface area contributed by atoms with Crippen LogP contribution in [0.5, 0.6) is 17.2 Å². The second kappa shape index (κ2) is 5.60. The molecule has 0 atom stereocenters. The second-order valence-corrected chi connectivity index (χ2v) is 5.15. The molecule has 0 N–H and O–H groups in total. The maximum Gasteiger partial charge on any atom is 0.311 e. The summed E-state index contributed by atoms with van der Waals surface area (Å²) in [6.45, 7) is 1.75. The highest BCUT2D eigenvalue weighted by Gasteiger charge is 2.18. The molecule has 118 valence electrons. The summed E-state index contributed by atoms with van der Waals surface area (Å²) in [5.74, 6) is 1.27. The Kier molecular flexibility index (Phi) is 3.61. The average Bonchev–Trinajstić information content (AvgIpc) is 2.89. The van der Waals surface area contributed by atoms with Gasteiger partial charge in [-0.25, -0.2) is 4.98 Å². The zero-order valence-corrected chi connectivity index (χ0v) is 12.9. The smallest absolute Gasteiger partial charge is 0.311 e. The van der Waals surface area contributed by atoms with Gasteiger partial charge in [0.25, 0.3) is 0 Å².